The number of ether oxygens (including phenoxy) is 2. The van der Waals surface area contributed by atoms with Gasteiger partial charge in [0.05, 0.1) is 7.11 Å². The van der Waals surface area contributed by atoms with Gasteiger partial charge in [0.15, 0.2) is 5.60 Å². The third kappa shape index (κ3) is 3.67. The van der Waals surface area contributed by atoms with Crippen LogP contribution >= 0.6 is 0 Å². The van der Waals surface area contributed by atoms with Gasteiger partial charge in [-0.2, -0.15) is 0 Å². The molecule has 0 aromatic heterocycles. The van der Waals surface area contributed by atoms with E-state index in [2.05, 4.69) is 4.74 Å². The van der Waals surface area contributed by atoms with Crippen LogP contribution < -0.4 is 4.74 Å². The van der Waals surface area contributed by atoms with E-state index in [9.17, 15) is 18.7 Å². The molecule has 0 saturated heterocycles. The third-order valence-electron chi connectivity index (χ3n) is 1.98. The van der Waals surface area contributed by atoms with Crippen LogP contribution in [0.4, 0.5) is 8.78 Å². The largest absolute Gasteiger partial charge is 0.490 e. The van der Waals surface area contributed by atoms with Gasteiger partial charge in [0.2, 0.25) is 0 Å². The average Bonchev–Trinajstić information content (AvgIpc) is 2.24. The number of hydrogen-bond donors (Lipinski definition) is 1. The van der Waals surface area contributed by atoms with Crippen LogP contribution in [0.3, 0.4) is 0 Å². The fourth-order valence-electron chi connectivity index (χ4n) is 1.11. The Kier molecular flexibility index (Phi) is 4.01. The Morgan fingerprint density at radius 3 is 2.35 bits per heavy atom. The zero-order valence-corrected chi connectivity index (χ0v) is 9.37. The standard InChI is InChI=1S/C11H12F2O4/c1-11(15,10(14)16-2)6-17-9-4-7(12)3-8(13)5-9/h3-5,15H,6H2,1-2H3/t11-/m0/s1. The normalized spacial score (nSPS) is 13.9. The highest BCUT2D eigenvalue weighted by Gasteiger charge is 2.32. The molecule has 1 aromatic rings. The molecule has 94 valence electrons. The van der Waals surface area contributed by atoms with Gasteiger partial charge < -0.3 is 14.6 Å². The summed E-state index contributed by atoms with van der Waals surface area (Å²) in [4.78, 5) is 11.1. The first-order valence-electron chi connectivity index (χ1n) is 4.75. The first-order chi connectivity index (χ1) is 7.85. The first kappa shape index (κ1) is 13.4. The molecule has 0 aliphatic heterocycles. The monoisotopic (exact) mass is 246 g/mol. The molecule has 4 nitrogen and oxygen atoms in total. The van der Waals surface area contributed by atoms with Crippen LogP contribution in [0, 0.1) is 11.6 Å². The third-order valence-corrected chi connectivity index (χ3v) is 1.98. The van der Waals surface area contributed by atoms with E-state index in [0.29, 0.717) is 6.07 Å². The van der Waals surface area contributed by atoms with E-state index in [1.807, 2.05) is 0 Å². The number of hydrogen-bond acceptors (Lipinski definition) is 4. The molecule has 6 heteroatoms. The highest BCUT2D eigenvalue weighted by atomic mass is 19.1. The summed E-state index contributed by atoms with van der Waals surface area (Å²) in [6, 6.07) is 2.57. The molecule has 1 N–H and O–H groups in total. The molecule has 0 spiro atoms. The lowest BCUT2D eigenvalue weighted by Crippen LogP contribution is -2.42. The summed E-state index contributed by atoms with van der Waals surface area (Å²) < 4.78 is 34.9. The van der Waals surface area contributed by atoms with Crippen LogP contribution in [0.2, 0.25) is 0 Å². The molecular weight excluding hydrogens is 234 g/mol. The maximum atomic E-state index is 12.8. The molecule has 0 aliphatic rings. The Bertz CT molecular complexity index is 398. The zero-order chi connectivity index (χ0) is 13.1. The number of halogens is 2. The summed E-state index contributed by atoms with van der Waals surface area (Å²) in [5, 5.41) is 9.60. The van der Waals surface area contributed by atoms with E-state index >= 15 is 0 Å². The highest BCUT2D eigenvalue weighted by Crippen LogP contribution is 2.17. The Hall–Kier alpha value is -1.69. The number of rotatable bonds is 4. The lowest BCUT2D eigenvalue weighted by Gasteiger charge is -2.20. The van der Waals surface area contributed by atoms with Gasteiger partial charge in [0, 0.05) is 18.2 Å². The van der Waals surface area contributed by atoms with Crippen LogP contribution in [0.25, 0.3) is 0 Å². The van der Waals surface area contributed by atoms with Crippen LogP contribution in [0.5, 0.6) is 5.75 Å². The minimum absolute atomic E-state index is 0.119. The fraction of sp³-hybridized carbons (Fsp3) is 0.364. The van der Waals surface area contributed by atoms with E-state index in [1.165, 1.54) is 6.92 Å². The van der Waals surface area contributed by atoms with Crippen molar-refractivity contribution in [1.29, 1.82) is 0 Å². The predicted octanol–water partition coefficient (Wildman–Crippen LogP) is 1.27. The number of benzene rings is 1. The predicted molar refractivity (Wildman–Crippen MR) is 54.5 cm³/mol. The summed E-state index contributed by atoms with van der Waals surface area (Å²) in [5.74, 6) is -2.63. The maximum absolute atomic E-state index is 12.8. The van der Waals surface area contributed by atoms with Gasteiger partial charge in [0.25, 0.3) is 0 Å². The van der Waals surface area contributed by atoms with E-state index < -0.39 is 29.8 Å². The summed E-state index contributed by atoms with van der Waals surface area (Å²) in [6.45, 7) is 0.705. The second-order valence-electron chi connectivity index (χ2n) is 3.66. The van der Waals surface area contributed by atoms with Crippen molar-refractivity contribution in [3.63, 3.8) is 0 Å². The topological polar surface area (TPSA) is 55.8 Å². The molecule has 1 rings (SSSR count). The fourth-order valence-corrected chi connectivity index (χ4v) is 1.11. The summed E-state index contributed by atoms with van der Waals surface area (Å²) in [6.07, 6.45) is 0. The molecule has 0 amide bonds. The lowest BCUT2D eigenvalue weighted by atomic mass is 10.1. The molecule has 0 saturated carbocycles. The molecular formula is C11H12F2O4. The van der Waals surface area contributed by atoms with E-state index in [0.717, 1.165) is 19.2 Å². The smallest absolute Gasteiger partial charge is 0.341 e. The highest BCUT2D eigenvalue weighted by molar-refractivity contribution is 5.78. The van der Waals surface area contributed by atoms with Crippen LogP contribution in [-0.2, 0) is 9.53 Å². The number of carbonyl (C=O) groups is 1. The van der Waals surface area contributed by atoms with Crippen molar-refractivity contribution < 1.29 is 28.2 Å². The summed E-state index contributed by atoms with van der Waals surface area (Å²) >= 11 is 0. The van der Waals surface area contributed by atoms with Crippen molar-refractivity contribution in [2.45, 2.75) is 12.5 Å². The van der Waals surface area contributed by atoms with Crippen molar-refractivity contribution in [2.24, 2.45) is 0 Å². The molecule has 0 bridgehead atoms. The number of esters is 1. The van der Waals surface area contributed by atoms with Crippen molar-refractivity contribution in [3.8, 4) is 5.75 Å². The van der Waals surface area contributed by atoms with Crippen molar-refractivity contribution in [1.82, 2.24) is 0 Å². The summed E-state index contributed by atoms with van der Waals surface area (Å²) in [7, 11) is 1.11. The van der Waals surface area contributed by atoms with E-state index in [1.54, 1.807) is 0 Å². The number of methoxy groups -OCH3 is 1. The van der Waals surface area contributed by atoms with Crippen molar-refractivity contribution in [2.75, 3.05) is 13.7 Å². The lowest BCUT2D eigenvalue weighted by molar-refractivity contribution is -0.163. The van der Waals surface area contributed by atoms with Crippen molar-refractivity contribution in [3.05, 3.63) is 29.8 Å². The Morgan fingerprint density at radius 2 is 1.88 bits per heavy atom. The van der Waals surface area contributed by atoms with E-state index in [-0.39, 0.29) is 5.75 Å². The Balaban J connectivity index is 2.70. The van der Waals surface area contributed by atoms with Gasteiger partial charge in [-0.05, 0) is 6.92 Å². The van der Waals surface area contributed by atoms with Crippen LogP contribution in [0.15, 0.2) is 18.2 Å². The van der Waals surface area contributed by atoms with E-state index in [4.69, 9.17) is 4.74 Å². The van der Waals surface area contributed by atoms with Gasteiger partial charge in [-0.25, -0.2) is 13.6 Å². The SMILES string of the molecule is COC(=O)[C@@](C)(O)COc1cc(F)cc(F)c1. The second-order valence-corrected chi connectivity index (χ2v) is 3.66. The molecule has 0 unspecified atom stereocenters. The van der Waals surface area contributed by atoms with Gasteiger partial charge >= 0.3 is 5.97 Å². The van der Waals surface area contributed by atoms with Gasteiger partial charge in [0.1, 0.15) is 24.0 Å². The molecule has 1 aromatic carbocycles. The zero-order valence-electron chi connectivity index (χ0n) is 9.37. The molecule has 0 radical (unpaired) electrons. The average molecular weight is 246 g/mol. The minimum Gasteiger partial charge on any atom is -0.490 e. The van der Waals surface area contributed by atoms with Crippen molar-refractivity contribution >= 4 is 5.97 Å². The first-order valence-corrected chi connectivity index (χ1v) is 4.75. The quantitative estimate of drug-likeness (QED) is 0.813. The van der Waals surface area contributed by atoms with Crippen LogP contribution in [-0.4, -0.2) is 30.4 Å². The Morgan fingerprint density at radius 1 is 1.35 bits per heavy atom. The molecule has 0 aliphatic carbocycles. The van der Waals surface area contributed by atoms with Crippen LogP contribution in [0.1, 0.15) is 6.92 Å². The molecule has 1 atom stereocenters. The molecule has 17 heavy (non-hydrogen) atoms. The molecule has 0 heterocycles. The number of carbonyl (C=O) groups excluding carboxylic acids is 1. The molecule has 0 fully saturated rings. The van der Waals surface area contributed by atoms with Gasteiger partial charge in [-0.3, -0.25) is 0 Å². The van der Waals surface area contributed by atoms with Gasteiger partial charge in [-0.1, -0.05) is 0 Å². The minimum atomic E-state index is -1.88. The second kappa shape index (κ2) is 5.09. The maximum Gasteiger partial charge on any atom is 0.341 e. The Labute approximate surface area is 96.8 Å². The number of aliphatic hydroxyl groups is 1. The van der Waals surface area contributed by atoms with Gasteiger partial charge in [-0.15, -0.1) is 0 Å². The summed E-state index contributed by atoms with van der Waals surface area (Å²) in [5.41, 5.74) is -1.88.